The van der Waals surface area contributed by atoms with E-state index in [2.05, 4.69) is 4.98 Å². The van der Waals surface area contributed by atoms with E-state index in [4.69, 9.17) is 5.73 Å². The van der Waals surface area contributed by atoms with Crippen molar-refractivity contribution >= 4 is 15.7 Å². The predicted molar refractivity (Wildman–Crippen MR) is 72.5 cm³/mol. The maximum Gasteiger partial charge on any atom is 0.246 e. The molecule has 5 nitrogen and oxygen atoms in total. The SMILES string of the molecule is CCC(C)CN(CC)S(=O)(=O)c1cnccc1N. The molecule has 0 saturated heterocycles. The number of nitrogens with zero attached hydrogens (tertiary/aromatic N) is 2. The lowest BCUT2D eigenvalue weighted by atomic mass is 10.1. The number of rotatable bonds is 6. The van der Waals surface area contributed by atoms with Crippen molar-refractivity contribution in [3.8, 4) is 0 Å². The van der Waals surface area contributed by atoms with Gasteiger partial charge in [0, 0.05) is 25.5 Å². The van der Waals surface area contributed by atoms with Gasteiger partial charge in [0.1, 0.15) is 4.90 Å². The van der Waals surface area contributed by atoms with Crippen molar-refractivity contribution in [1.29, 1.82) is 0 Å². The molecule has 0 spiro atoms. The lowest BCUT2D eigenvalue weighted by Gasteiger charge is -2.23. The van der Waals surface area contributed by atoms with Crippen molar-refractivity contribution in [1.82, 2.24) is 9.29 Å². The lowest BCUT2D eigenvalue weighted by Crippen LogP contribution is -2.35. The summed E-state index contributed by atoms with van der Waals surface area (Å²) < 4.78 is 26.3. The number of nitrogens with two attached hydrogens (primary N) is 1. The Hall–Kier alpha value is -1.14. The molecule has 6 heteroatoms. The monoisotopic (exact) mass is 271 g/mol. The summed E-state index contributed by atoms with van der Waals surface area (Å²) in [6.07, 6.45) is 3.73. The van der Waals surface area contributed by atoms with E-state index in [-0.39, 0.29) is 10.6 Å². The number of pyridine rings is 1. The van der Waals surface area contributed by atoms with Crippen molar-refractivity contribution in [3.63, 3.8) is 0 Å². The number of hydrogen-bond acceptors (Lipinski definition) is 4. The zero-order chi connectivity index (χ0) is 13.8. The highest BCUT2D eigenvalue weighted by Gasteiger charge is 2.26. The lowest BCUT2D eigenvalue weighted by molar-refractivity contribution is 0.361. The second-order valence-corrected chi connectivity index (χ2v) is 6.29. The highest BCUT2D eigenvalue weighted by molar-refractivity contribution is 7.89. The summed E-state index contributed by atoms with van der Waals surface area (Å²) in [7, 11) is -3.54. The van der Waals surface area contributed by atoms with E-state index < -0.39 is 10.0 Å². The predicted octanol–water partition coefficient (Wildman–Crippen LogP) is 1.72. The molecule has 0 aliphatic carbocycles. The molecule has 1 atom stereocenters. The first kappa shape index (κ1) is 14.9. The average molecular weight is 271 g/mol. The molecule has 1 aromatic heterocycles. The fourth-order valence-corrected chi connectivity index (χ4v) is 3.25. The van der Waals surface area contributed by atoms with Gasteiger partial charge in [-0.15, -0.1) is 0 Å². The van der Waals surface area contributed by atoms with E-state index in [9.17, 15) is 8.42 Å². The summed E-state index contributed by atoms with van der Waals surface area (Å²) >= 11 is 0. The first-order valence-corrected chi connectivity index (χ1v) is 7.57. The molecule has 1 rings (SSSR count). The highest BCUT2D eigenvalue weighted by Crippen LogP contribution is 2.21. The number of aromatic nitrogens is 1. The molecular formula is C12H21N3O2S. The van der Waals surface area contributed by atoms with Crippen LogP contribution in [0.15, 0.2) is 23.4 Å². The van der Waals surface area contributed by atoms with Crippen molar-refractivity contribution in [3.05, 3.63) is 18.5 Å². The van der Waals surface area contributed by atoms with Gasteiger partial charge in [0.25, 0.3) is 0 Å². The fourth-order valence-electron chi connectivity index (χ4n) is 1.62. The van der Waals surface area contributed by atoms with Crippen LogP contribution in [-0.4, -0.2) is 30.8 Å². The molecule has 0 amide bonds. The Kier molecular flexibility index (Phi) is 5.10. The minimum Gasteiger partial charge on any atom is -0.398 e. The Bertz CT molecular complexity index is 488. The van der Waals surface area contributed by atoms with Crippen LogP contribution < -0.4 is 5.73 Å². The number of nitrogen functional groups attached to an aromatic ring is 1. The second-order valence-electron chi connectivity index (χ2n) is 4.38. The molecule has 18 heavy (non-hydrogen) atoms. The van der Waals surface area contributed by atoms with Crippen LogP contribution in [0.4, 0.5) is 5.69 Å². The second kappa shape index (κ2) is 6.15. The highest BCUT2D eigenvalue weighted by atomic mass is 32.2. The quantitative estimate of drug-likeness (QED) is 0.854. The van der Waals surface area contributed by atoms with Gasteiger partial charge in [0.2, 0.25) is 10.0 Å². The Labute approximate surface area is 109 Å². The van der Waals surface area contributed by atoms with Crippen molar-refractivity contribution in [2.24, 2.45) is 5.92 Å². The smallest absolute Gasteiger partial charge is 0.246 e. The maximum absolute atomic E-state index is 12.4. The molecule has 0 saturated carbocycles. The zero-order valence-electron chi connectivity index (χ0n) is 11.1. The molecule has 102 valence electrons. The van der Waals surface area contributed by atoms with Crippen LogP contribution in [0.5, 0.6) is 0 Å². The van der Waals surface area contributed by atoms with Gasteiger partial charge in [-0.05, 0) is 12.0 Å². The third-order valence-electron chi connectivity index (χ3n) is 3.00. The van der Waals surface area contributed by atoms with E-state index in [1.807, 2.05) is 20.8 Å². The van der Waals surface area contributed by atoms with Crippen molar-refractivity contribution in [2.75, 3.05) is 18.8 Å². The van der Waals surface area contributed by atoms with E-state index in [0.29, 0.717) is 19.0 Å². The molecule has 0 aromatic carbocycles. The average Bonchev–Trinajstić information content (AvgIpc) is 2.35. The molecule has 1 aromatic rings. The molecule has 2 N–H and O–H groups in total. The van der Waals surface area contributed by atoms with E-state index in [1.165, 1.54) is 22.8 Å². The van der Waals surface area contributed by atoms with E-state index in [0.717, 1.165) is 6.42 Å². The third kappa shape index (κ3) is 3.20. The van der Waals surface area contributed by atoms with Gasteiger partial charge < -0.3 is 5.73 Å². The van der Waals surface area contributed by atoms with Crippen molar-refractivity contribution in [2.45, 2.75) is 32.1 Å². The van der Waals surface area contributed by atoms with Gasteiger partial charge >= 0.3 is 0 Å². The van der Waals surface area contributed by atoms with E-state index in [1.54, 1.807) is 0 Å². The first-order valence-electron chi connectivity index (χ1n) is 6.13. The van der Waals surface area contributed by atoms with Crippen LogP contribution in [0.1, 0.15) is 27.2 Å². The van der Waals surface area contributed by atoms with Crippen LogP contribution in [0.25, 0.3) is 0 Å². The molecular weight excluding hydrogens is 250 g/mol. The van der Waals surface area contributed by atoms with Crippen LogP contribution in [0, 0.1) is 5.92 Å². The molecule has 1 heterocycles. The van der Waals surface area contributed by atoms with Gasteiger partial charge in [-0.2, -0.15) is 4.31 Å². The summed E-state index contributed by atoms with van der Waals surface area (Å²) in [5.74, 6) is 0.317. The molecule has 0 aliphatic heterocycles. The van der Waals surface area contributed by atoms with E-state index >= 15 is 0 Å². The normalized spacial score (nSPS) is 13.8. The first-order chi connectivity index (χ1) is 8.43. The molecule has 0 fully saturated rings. The maximum atomic E-state index is 12.4. The minimum absolute atomic E-state index is 0.0927. The van der Waals surface area contributed by atoms with Gasteiger partial charge in [-0.1, -0.05) is 27.2 Å². The van der Waals surface area contributed by atoms with Gasteiger partial charge in [0.05, 0.1) is 5.69 Å². The Morgan fingerprint density at radius 1 is 1.44 bits per heavy atom. The topological polar surface area (TPSA) is 76.3 Å². The third-order valence-corrected chi connectivity index (χ3v) is 4.98. The molecule has 1 unspecified atom stereocenters. The van der Waals surface area contributed by atoms with Gasteiger partial charge in [0.15, 0.2) is 0 Å². The largest absolute Gasteiger partial charge is 0.398 e. The Morgan fingerprint density at radius 3 is 2.61 bits per heavy atom. The fraction of sp³-hybridized carbons (Fsp3) is 0.583. The molecule has 0 bridgehead atoms. The van der Waals surface area contributed by atoms with Crippen LogP contribution in [-0.2, 0) is 10.0 Å². The number of hydrogen-bond donors (Lipinski definition) is 1. The minimum atomic E-state index is -3.54. The van der Waals surface area contributed by atoms with Crippen LogP contribution in [0.2, 0.25) is 0 Å². The van der Waals surface area contributed by atoms with Crippen LogP contribution >= 0.6 is 0 Å². The zero-order valence-corrected chi connectivity index (χ0v) is 11.9. The summed E-state index contributed by atoms with van der Waals surface area (Å²) in [5.41, 5.74) is 5.96. The summed E-state index contributed by atoms with van der Waals surface area (Å²) in [6, 6.07) is 1.50. The summed E-state index contributed by atoms with van der Waals surface area (Å²) in [4.78, 5) is 3.93. The summed E-state index contributed by atoms with van der Waals surface area (Å²) in [6.45, 7) is 6.84. The van der Waals surface area contributed by atoms with Gasteiger partial charge in [-0.25, -0.2) is 8.42 Å². The number of sulfonamides is 1. The summed E-state index contributed by atoms with van der Waals surface area (Å²) in [5, 5.41) is 0. The number of anilines is 1. The molecule has 0 radical (unpaired) electrons. The molecule has 0 aliphatic rings. The van der Waals surface area contributed by atoms with Crippen molar-refractivity contribution < 1.29 is 8.42 Å². The Balaban J connectivity index is 3.08. The van der Waals surface area contributed by atoms with Gasteiger partial charge in [-0.3, -0.25) is 4.98 Å². The standard InChI is InChI=1S/C12H21N3O2S/c1-4-10(3)9-15(5-2)18(16,17)12-8-14-7-6-11(12)13/h6-8,10H,4-5,9H2,1-3H3,(H2,13,14). The van der Waals surface area contributed by atoms with Crippen LogP contribution in [0.3, 0.4) is 0 Å². The Morgan fingerprint density at radius 2 is 2.11 bits per heavy atom.